The van der Waals surface area contributed by atoms with Gasteiger partial charge in [0.1, 0.15) is 11.4 Å². The molecule has 2 rings (SSSR count). The number of rotatable bonds is 0. The molecule has 2 nitrogen and oxygen atoms in total. The number of hydrogen-bond acceptors (Lipinski definition) is 2. The van der Waals surface area contributed by atoms with E-state index in [0.29, 0.717) is 0 Å². The second-order valence-corrected chi connectivity index (χ2v) is 6.79. The molecule has 0 saturated carbocycles. The van der Waals surface area contributed by atoms with Crippen LogP contribution in [0.15, 0.2) is 24.3 Å². The van der Waals surface area contributed by atoms with Gasteiger partial charge in [0.15, 0.2) is 0 Å². The van der Waals surface area contributed by atoms with Crippen LogP contribution in [0.4, 0.5) is 0 Å². The van der Waals surface area contributed by atoms with Crippen molar-refractivity contribution in [1.82, 2.24) is 4.90 Å². The number of nitrogens with zero attached hydrogens (tertiary/aromatic N) is 1. The Kier molecular flexibility index (Phi) is 7.15. The van der Waals surface area contributed by atoms with Gasteiger partial charge >= 0.3 is 0 Å². The van der Waals surface area contributed by atoms with E-state index in [2.05, 4.69) is 71.7 Å². The maximum Gasteiger partial charge on any atom is 0.125 e. The molecule has 0 atom stereocenters. The third kappa shape index (κ3) is 3.48. The predicted octanol–water partition coefficient (Wildman–Crippen LogP) is 5.86. The number of ether oxygens (including phenoxy) is 1. The molecule has 128 valence electrons. The molecule has 1 aromatic carbocycles. The molecule has 1 aliphatic rings. The van der Waals surface area contributed by atoms with E-state index in [1.54, 1.807) is 0 Å². The van der Waals surface area contributed by atoms with Crippen LogP contribution >= 0.6 is 0 Å². The lowest BCUT2D eigenvalue weighted by atomic mass is 9.81. The van der Waals surface area contributed by atoms with Gasteiger partial charge in [0.25, 0.3) is 0 Å². The zero-order valence-corrected chi connectivity index (χ0v) is 16.7. The summed E-state index contributed by atoms with van der Waals surface area (Å²) in [7, 11) is 2.19. The van der Waals surface area contributed by atoms with E-state index in [1.807, 2.05) is 33.8 Å². The van der Waals surface area contributed by atoms with Crippen molar-refractivity contribution in [2.45, 2.75) is 85.9 Å². The molecule has 0 radical (unpaired) electrons. The molecule has 0 aromatic heterocycles. The highest BCUT2D eigenvalue weighted by atomic mass is 16.5. The van der Waals surface area contributed by atoms with E-state index in [9.17, 15) is 0 Å². The lowest BCUT2D eigenvalue weighted by Gasteiger charge is -2.50. The Morgan fingerprint density at radius 3 is 1.77 bits per heavy atom. The average Bonchev–Trinajstić information content (AvgIpc) is 2.53. The third-order valence-corrected chi connectivity index (χ3v) is 5.06. The molecular weight excluding hydrogens is 270 g/mol. The van der Waals surface area contributed by atoms with Crippen molar-refractivity contribution >= 4 is 0 Å². The minimum absolute atomic E-state index is 0.0478. The number of hydrogen-bond donors (Lipinski definition) is 0. The molecule has 0 bridgehead atoms. The van der Waals surface area contributed by atoms with Crippen LogP contribution in [0.5, 0.6) is 5.75 Å². The van der Waals surface area contributed by atoms with Gasteiger partial charge in [-0.25, -0.2) is 0 Å². The quantitative estimate of drug-likeness (QED) is 0.595. The van der Waals surface area contributed by atoms with Crippen LogP contribution in [0.1, 0.15) is 74.8 Å². The monoisotopic (exact) mass is 307 g/mol. The molecule has 0 unspecified atom stereocenters. The van der Waals surface area contributed by atoms with Crippen LogP contribution in [0, 0.1) is 0 Å². The molecule has 0 N–H and O–H groups in total. The highest BCUT2D eigenvalue weighted by Crippen LogP contribution is 2.46. The number of likely N-dealkylation sites (N-methyl/N-ethyl adjacent to an activating group) is 1. The molecule has 1 aromatic rings. The summed E-state index contributed by atoms with van der Waals surface area (Å²) in [5.74, 6) is 1.00. The summed E-state index contributed by atoms with van der Waals surface area (Å²) in [6, 6.07) is 8.38. The predicted molar refractivity (Wildman–Crippen MR) is 98.7 cm³/mol. The molecule has 0 saturated heterocycles. The zero-order valence-electron chi connectivity index (χ0n) is 16.7. The summed E-state index contributed by atoms with van der Waals surface area (Å²) >= 11 is 0. The summed E-state index contributed by atoms with van der Waals surface area (Å²) in [5.41, 5.74) is 0.904. The summed E-state index contributed by atoms with van der Waals surface area (Å²) in [6.45, 7) is 21.4. The standard InChI is InChI=1S/C16H25NO.2C2H6/c1-14(2)12-10-8-9-11-13(12)18-16(5,6)15(3,4)17(14)7;2*1-2/h8-11H,1-7H3;2*1-2H3. The van der Waals surface area contributed by atoms with Crippen molar-refractivity contribution in [2.75, 3.05) is 7.05 Å². The fourth-order valence-electron chi connectivity index (χ4n) is 2.74. The summed E-state index contributed by atoms with van der Waals surface area (Å²) in [4.78, 5) is 2.42. The Balaban J connectivity index is 0.00000102. The van der Waals surface area contributed by atoms with Crippen LogP contribution in [0.25, 0.3) is 0 Å². The maximum absolute atomic E-state index is 6.32. The van der Waals surface area contributed by atoms with E-state index in [1.165, 1.54) is 5.56 Å². The van der Waals surface area contributed by atoms with E-state index in [-0.39, 0.29) is 16.7 Å². The number of fused-ring (bicyclic) bond motifs is 1. The van der Waals surface area contributed by atoms with Gasteiger partial charge in [0, 0.05) is 11.1 Å². The van der Waals surface area contributed by atoms with Crippen molar-refractivity contribution in [3.05, 3.63) is 29.8 Å². The van der Waals surface area contributed by atoms with Gasteiger partial charge in [-0.2, -0.15) is 0 Å². The fourth-order valence-corrected chi connectivity index (χ4v) is 2.74. The molecule has 1 heterocycles. The Morgan fingerprint density at radius 2 is 1.27 bits per heavy atom. The average molecular weight is 308 g/mol. The molecule has 0 amide bonds. The van der Waals surface area contributed by atoms with Crippen molar-refractivity contribution in [3.8, 4) is 5.75 Å². The summed E-state index contributed by atoms with van der Waals surface area (Å²) < 4.78 is 6.32. The first-order valence-electron chi connectivity index (χ1n) is 8.63. The van der Waals surface area contributed by atoms with Crippen LogP contribution in [-0.2, 0) is 5.54 Å². The zero-order chi connectivity index (χ0) is 17.8. The van der Waals surface area contributed by atoms with Crippen molar-refractivity contribution in [1.29, 1.82) is 0 Å². The maximum atomic E-state index is 6.32. The molecule has 0 fully saturated rings. The molecule has 2 heteroatoms. The largest absolute Gasteiger partial charge is 0.486 e. The third-order valence-electron chi connectivity index (χ3n) is 5.06. The Hall–Kier alpha value is -1.02. The Bertz CT molecular complexity index is 461. The minimum Gasteiger partial charge on any atom is -0.486 e. The van der Waals surface area contributed by atoms with Crippen LogP contribution in [0.3, 0.4) is 0 Å². The topological polar surface area (TPSA) is 12.5 Å². The molecule has 1 aliphatic heterocycles. The molecule has 0 aliphatic carbocycles. The van der Waals surface area contributed by atoms with E-state index < -0.39 is 0 Å². The second kappa shape index (κ2) is 7.50. The van der Waals surface area contributed by atoms with Crippen molar-refractivity contribution in [2.24, 2.45) is 0 Å². The number of benzene rings is 1. The SMILES string of the molecule is CC.CC.CN1C(C)(C)c2ccccc2OC(C)(C)C1(C)C. The van der Waals surface area contributed by atoms with Crippen LogP contribution in [-0.4, -0.2) is 23.1 Å². The summed E-state index contributed by atoms with van der Waals surface area (Å²) in [5, 5.41) is 0. The van der Waals surface area contributed by atoms with Gasteiger partial charge in [-0.05, 0) is 54.7 Å². The number of para-hydroxylation sites is 1. The Labute approximate surface area is 138 Å². The van der Waals surface area contributed by atoms with Gasteiger partial charge in [-0.3, -0.25) is 4.90 Å². The highest BCUT2D eigenvalue weighted by Gasteiger charge is 2.50. The van der Waals surface area contributed by atoms with Gasteiger partial charge in [0.05, 0.1) is 5.54 Å². The normalized spacial score (nSPS) is 20.9. The van der Waals surface area contributed by atoms with E-state index in [0.717, 1.165) is 5.75 Å². The van der Waals surface area contributed by atoms with Gasteiger partial charge in [0.2, 0.25) is 0 Å². The molecular formula is C20H37NO. The van der Waals surface area contributed by atoms with Gasteiger partial charge < -0.3 is 4.74 Å². The van der Waals surface area contributed by atoms with Crippen LogP contribution < -0.4 is 4.74 Å². The smallest absolute Gasteiger partial charge is 0.125 e. The van der Waals surface area contributed by atoms with Gasteiger partial charge in [-0.1, -0.05) is 45.9 Å². The van der Waals surface area contributed by atoms with Crippen molar-refractivity contribution < 1.29 is 4.74 Å². The van der Waals surface area contributed by atoms with Crippen molar-refractivity contribution in [3.63, 3.8) is 0 Å². The second-order valence-electron chi connectivity index (χ2n) is 6.79. The first kappa shape index (κ1) is 21.0. The highest BCUT2D eigenvalue weighted by molar-refractivity contribution is 5.41. The first-order chi connectivity index (χ1) is 10.1. The minimum atomic E-state index is -0.244. The van der Waals surface area contributed by atoms with Gasteiger partial charge in [-0.15, -0.1) is 0 Å². The Morgan fingerprint density at radius 1 is 0.818 bits per heavy atom. The summed E-state index contributed by atoms with van der Waals surface area (Å²) in [6.07, 6.45) is 0. The lowest BCUT2D eigenvalue weighted by molar-refractivity contribution is -0.0669. The molecule has 22 heavy (non-hydrogen) atoms. The molecule has 0 spiro atoms. The first-order valence-corrected chi connectivity index (χ1v) is 8.63. The van der Waals surface area contributed by atoms with E-state index >= 15 is 0 Å². The lowest BCUT2D eigenvalue weighted by Crippen LogP contribution is -2.61. The van der Waals surface area contributed by atoms with E-state index in [4.69, 9.17) is 4.74 Å². The fraction of sp³-hybridized carbons (Fsp3) is 0.700. The van der Waals surface area contributed by atoms with Crippen LogP contribution in [0.2, 0.25) is 0 Å².